The number of hydrogen-bond acceptors (Lipinski definition) is 3. The summed E-state index contributed by atoms with van der Waals surface area (Å²) in [4.78, 5) is 0. The van der Waals surface area contributed by atoms with Crippen molar-refractivity contribution in [3.05, 3.63) is 0 Å². The van der Waals surface area contributed by atoms with E-state index < -0.39 is 0 Å². The van der Waals surface area contributed by atoms with Crippen LogP contribution in [0, 0.1) is 0 Å². The predicted octanol–water partition coefficient (Wildman–Crippen LogP) is 1.14. The molecule has 1 aliphatic rings. The van der Waals surface area contributed by atoms with Crippen molar-refractivity contribution in [2.75, 3.05) is 19.8 Å². The van der Waals surface area contributed by atoms with E-state index in [1.807, 2.05) is 6.92 Å². The summed E-state index contributed by atoms with van der Waals surface area (Å²) in [7, 11) is 0. The van der Waals surface area contributed by atoms with Gasteiger partial charge in [0.25, 0.3) is 0 Å². The second-order valence-corrected chi connectivity index (χ2v) is 3.12. The molecule has 0 aromatic heterocycles. The first-order chi connectivity index (χ1) is 5.75. The molecule has 3 heteroatoms. The highest BCUT2D eigenvalue weighted by atomic mass is 16.7. The molecule has 0 saturated carbocycles. The molecule has 12 heavy (non-hydrogen) atoms. The first-order valence-electron chi connectivity index (χ1n) is 4.76. The van der Waals surface area contributed by atoms with Crippen molar-refractivity contribution in [3.8, 4) is 0 Å². The molecule has 3 nitrogen and oxygen atoms in total. The highest BCUT2D eigenvalue weighted by molar-refractivity contribution is 4.84. The van der Waals surface area contributed by atoms with E-state index in [9.17, 15) is 0 Å². The third-order valence-electron chi connectivity index (χ3n) is 2.44. The second kappa shape index (κ2) is 4.21. The molecule has 0 aromatic carbocycles. The molecule has 1 heterocycles. The Kier molecular flexibility index (Phi) is 3.50. The summed E-state index contributed by atoms with van der Waals surface area (Å²) in [6.45, 7) is 8.59. The topological polar surface area (TPSA) is 30.5 Å². The van der Waals surface area contributed by atoms with Crippen LogP contribution in [0.25, 0.3) is 0 Å². The molecule has 0 aromatic rings. The second-order valence-electron chi connectivity index (χ2n) is 3.12. The van der Waals surface area contributed by atoms with E-state index in [0.29, 0.717) is 6.61 Å². The fourth-order valence-corrected chi connectivity index (χ4v) is 1.70. The molecular formula is C9H19NO2. The van der Waals surface area contributed by atoms with Crippen molar-refractivity contribution >= 4 is 0 Å². The third kappa shape index (κ3) is 1.79. The standard InChI is InChI=1S/C9H19NO2/c1-4-9(11-5-2)8(3)10-6-7-12-9/h8,10H,4-7H2,1-3H3. The van der Waals surface area contributed by atoms with Gasteiger partial charge in [-0.2, -0.15) is 0 Å². The zero-order valence-electron chi connectivity index (χ0n) is 8.22. The van der Waals surface area contributed by atoms with Crippen molar-refractivity contribution in [3.63, 3.8) is 0 Å². The summed E-state index contributed by atoms with van der Waals surface area (Å²) in [6.07, 6.45) is 0.898. The summed E-state index contributed by atoms with van der Waals surface area (Å²) in [5, 5.41) is 3.36. The van der Waals surface area contributed by atoms with Gasteiger partial charge in [0.05, 0.1) is 12.6 Å². The first kappa shape index (κ1) is 9.96. The molecule has 2 atom stereocenters. The summed E-state index contributed by atoms with van der Waals surface area (Å²) >= 11 is 0. The number of ether oxygens (including phenoxy) is 2. The van der Waals surface area contributed by atoms with Crippen molar-refractivity contribution in [1.82, 2.24) is 5.32 Å². The quantitative estimate of drug-likeness (QED) is 0.694. The number of nitrogens with one attached hydrogen (secondary N) is 1. The van der Waals surface area contributed by atoms with Crippen LogP contribution >= 0.6 is 0 Å². The monoisotopic (exact) mass is 173 g/mol. The molecule has 1 fully saturated rings. The average Bonchev–Trinajstić information content (AvgIpc) is 2.10. The van der Waals surface area contributed by atoms with Crippen LogP contribution in [-0.4, -0.2) is 31.6 Å². The van der Waals surface area contributed by atoms with Gasteiger partial charge in [-0.05, 0) is 13.8 Å². The van der Waals surface area contributed by atoms with Crippen LogP contribution in [0.3, 0.4) is 0 Å². The molecule has 72 valence electrons. The number of rotatable bonds is 3. The highest BCUT2D eigenvalue weighted by Crippen LogP contribution is 2.24. The maximum absolute atomic E-state index is 5.68. The summed E-state index contributed by atoms with van der Waals surface area (Å²) in [6, 6.07) is 0.288. The normalized spacial score (nSPS) is 36.8. The largest absolute Gasteiger partial charge is 0.349 e. The van der Waals surface area contributed by atoms with Gasteiger partial charge in [0, 0.05) is 19.6 Å². The van der Waals surface area contributed by atoms with Crippen LogP contribution in [0.4, 0.5) is 0 Å². The summed E-state index contributed by atoms with van der Waals surface area (Å²) in [5.41, 5.74) is 0. The van der Waals surface area contributed by atoms with Crippen LogP contribution in [0.2, 0.25) is 0 Å². The Balaban J connectivity index is 2.60. The molecule has 1 saturated heterocycles. The van der Waals surface area contributed by atoms with E-state index in [1.165, 1.54) is 0 Å². The van der Waals surface area contributed by atoms with Gasteiger partial charge in [-0.15, -0.1) is 0 Å². The molecule has 0 amide bonds. The van der Waals surface area contributed by atoms with Gasteiger partial charge >= 0.3 is 0 Å². The van der Waals surface area contributed by atoms with Gasteiger partial charge < -0.3 is 14.8 Å². The minimum absolute atomic E-state index is 0.288. The molecule has 0 aliphatic carbocycles. The zero-order valence-corrected chi connectivity index (χ0v) is 8.22. The van der Waals surface area contributed by atoms with Gasteiger partial charge in [0.1, 0.15) is 0 Å². The lowest BCUT2D eigenvalue weighted by Gasteiger charge is -2.41. The van der Waals surface area contributed by atoms with Crippen molar-refractivity contribution in [1.29, 1.82) is 0 Å². The Morgan fingerprint density at radius 2 is 2.33 bits per heavy atom. The highest BCUT2D eigenvalue weighted by Gasteiger charge is 2.38. The van der Waals surface area contributed by atoms with Gasteiger partial charge in [-0.25, -0.2) is 0 Å². The Hall–Kier alpha value is -0.120. The molecule has 0 radical (unpaired) electrons. The van der Waals surface area contributed by atoms with E-state index in [1.54, 1.807) is 0 Å². The lowest BCUT2D eigenvalue weighted by Crippen LogP contribution is -2.57. The first-order valence-corrected chi connectivity index (χ1v) is 4.76. The van der Waals surface area contributed by atoms with E-state index in [-0.39, 0.29) is 11.8 Å². The summed E-state index contributed by atoms with van der Waals surface area (Å²) < 4.78 is 11.3. The maximum Gasteiger partial charge on any atom is 0.183 e. The van der Waals surface area contributed by atoms with Crippen molar-refractivity contribution in [2.45, 2.75) is 39.0 Å². The number of morpholine rings is 1. The van der Waals surface area contributed by atoms with E-state index in [2.05, 4.69) is 19.2 Å². The van der Waals surface area contributed by atoms with Crippen LogP contribution in [-0.2, 0) is 9.47 Å². The van der Waals surface area contributed by atoms with Crippen molar-refractivity contribution < 1.29 is 9.47 Å². The maximum atomic E-state index is 5.68. The van der Waals surface area contributed by atoms with Crippen LogP contribution in [0.1, 0.15) is 27.2 Å². The van der Waals surface area contributed by atoms with Crippen LogP contribution in [0.5, 0.6) is 0 Å². The smallest absolute Gasteiger partial charge is 0.183 e. The van der Waals surface area contributed by atoms with E-state index >= 15 is 0 Å². The zero-order chi connectivity index (χ0) is 9.03. The van der Waals surface area contributed by atoms with E-state index in [4.69, 9.17) is 9.47 Å². The Bertz CT molecular complexity index is 136. The Morgan fingerprint density at radius 1 is 1.58 bits per heavy atom. The molecule has 0 spiro atoms. The average molecular weight is 173 g/mol. The van der Waals surface area contributed by atoms with Gasteiger partial charge in [0.15, 0.2) is 5.79 Å². The van der Waals surface area contributed by atoms with Crippen molar-refractivity contribution in [2.24, 2.45) is 0 Å². The van der Waals surface area contributed by atoms with E-state index in [0.717, 1.165) is 19.6 Å². The molecule has 2 unspecified atom stereocenters. The lowest BCUT2D eigenvalue weighted by molar-refractivity contribution is -0.264. The summed E-state index contributed by atoms with van der Waals surface area (Å²) in [5.74, 6) is -0.382. The fraction of sp³-hybridized carbons (Fsp3) is 1.00. The lowest BCUT2D eigenvalue weighted by atomic mass is 10.0. The third-order valence-corrected chi connectivity index (χ3v) is 2.44. The minimum Gasteiger partial charge on any atom is -0.349 e. The fourth-order valence-electron chi connectivity index (χ4n) is 1.70. The van der Waals surface area contributed by atoms with Gasteiger partial charge in [0.2, 0.25) is 0 Å². The molecule has 1 aliphatic heterocycles. The SMILES string of the molecule is CCOC1(CC)OCCNC1C. The Labute approximate surface area is 74.4 Å². The molecular weight excluding hydrogens is 154 g/mol. The minimum atomic E-state index is -0.382. The van der Waals surface area contributed by atoms with Crippen LogP contribution in [0.15, 0.2) is 0 Å². The van der Waals surface area contributed by atoms with Crippen LogP contribution < -0.4 is 5.32 Å². The van der Waals surface area contributed by atoms with Gasteiger partial charge in [-0.3, -0.25) is 0 Å². The Morgan fingerprint density at radius 3 is 2.83 bits per heavy atom. The molecule has 0 bridgehead atoms. The number of hydrogen-bond donors (Lipinski definition) is 1. The van der Waals surface area contributed by atoms with Gasteiger partial charge in [-0.1, -0.05) is 6.92 Å². The molecule has 1 N–H and O–H groups in total. The predicted molar refractivity (Wildman–Crippen MR) is 48.1 cm³/mol. The molecule has 1 rings (SSSR count).